The van der Waals surface area contributed by atoms with Crippen LogP contribution in [-0.2, 0) is 16.0 Å². The van der Waals surface area contributed by atoms with Crippen molar-refractivity contribution in [3.8, 4) is 0 Å². The van der Waals surface area contributed by atoms with Gasteiger partial charge in [0.05, 0.1) is 6.42 Å². The molecule has 0 saturated carbocycles. The minimum atomic E-state index is -0.547. The fourth-order valence-electron chi connectivity index (χ4n) is 2.08. The molecule has 0 spiro atoms. The van der Waals surface area contributed by atoms with E-state index in [1.165, 1.54) is 0 Å². The Hall–Kier alpha value is -2.83. The van der Waals surface area contributed by atoms with Gasteiger partial charge in [-0.3, -0.25) is 15.2 Å². The van der Waals surface area contributed by atoms with E-state index in [2.05, 4.69) is 20.8 Å². The summed E-state index contributed by atoms with van der Waals surface area (Å²) in [4.78, 5) is 24.1. The molecule has 0 aliphatic carbocycles. The van der Waals surface area contributed by atoms with Gasteiger partial charge >= 0.3 is 12.0 Å². The number of ether oxygens (including phenoxy) is 1. The van der Waals surface area contributed by atoms with E-state index in [1.807, 2.05) is 27.7 Å². The number of anilines is 2. The number of benzene rings is 1. The first kappa shape index (κ1) is 17.5. The molecule has 7 nitrogen and oxygen atoms in total. The number of rotatable bonds is 4. The Morgan fingerprint density at radius 3 is 2.54 bits per heavy atom. The van der Waals surface area contributed by atoms with Gasteiger partial charge in [0, 0.05) is 17.4 Å². The molecule has 2 aromatic rings. The molecule has 1 heterocycles. The average Bonchev–Trinajstić information content (AvgIpc) is 2.84. The summed E-state index contributed by atoms with van der Waals surface area (Å²) in [5, 5.41) is 12.0. The highest BCUT2D eigenvalue weighted by Gasteiger charge is 2.18. The van der Waals surface area contributed by atoms with E-state index >= 15 is 0 Å². The minimum absolute atomic E-state index is 0.0786. The number of para-hydroxylation sites is 1. The quantitative estimate of drug-likeness (QED) is 0.750. The van der Waals surface area contributed by atoms with Crippen LogP contribution in [0.3, 0.4) is 0 Å². The van der Waals surface area contributed by atoms with Crippen LogP contribution in [0.25, 0.3) is 0 Å². The highest BCUT2D eigenvalue weighted by molar-refractivity contribution is 6.00. The molecule has 0 atom stereocenters. The van der Waals surface area contributed by atoms with Crippen molar-refractivity contribution in [2.75, 3.05) is 10.6 Å². The zero-order valence-corrected chi connectivity index (χ0v) is 14.3. The third-order valence-electron chi connectivity index (χ3n) is 2.97. The van der Waals surface area contributed by atoms with Crippen molar-refractivity contribution in [3.05, 3.63) is 41.6 Å². The Bertz CT molecular complexity index is 731. The molecular formula is C17H22N4O3. The van der Waals surface area contributed by atoms with Crippen LogP contribution >= 0.6 is 0 Å². The van der Waals surface area contributed by atoms with E-state index in [1.54, 1.807) is 30.3 Å². The lowest BCUT2D eigenvalue weighted by Crippen LogP contribution is -2.25. The van der Waals surface area contributed by atoms with Crippen LogP contribution < -0.4 is 10.6 Å². The molecule has 24 heavy (non-hydrogen) atoms. The molecule has 2 amide bonds. The predicted molar refractivity (Wildman–Crippen MR) is 92.0 cm³/mol. The molecule has 0 fully saturated rings. The minimum Gasteiger partial charge on any atom is -0.460 e. The number of hydrogen-bond acceptors (Lipinski definition) is 4. The molecule has 1 aromatic carbocycles. The third-order valence-corrected chi connectivity index (χ3v) is 2.97. The highest BCUT2D eigenvalue weighted by atomic mass is 16.6. The monoisotopic (exact) mass is 330 g/mol. The van der Waals surface area contributed by atoms with E-state index in [0.717, 1.165) is 5.69 Å². The summed E-state index contributed by atoms with van der Waals surface area (Å²) in [6.45, 7) is 7.28. The van der Waals surface area contributed by atoms with Crippen molar-refractivity contribution in [2.24, 2.45) is 0 Å². The van der Waals surface area contributed by atoms with Gasteiger partial charge < -0.3 is 10.1 Å². The largest absolute Gasteiger partial charge is 0.460 e. The normalized spacial score (nSPS) is 11.0. The lowest BCUT2D eigenvalue weighted by Gasteiger charge is -2.20. The smallest absolute Gasteiger partial charge is 0.324 e. The number of amides is 2. The number of hydrogen-bond donors (Lipinski definition) is 3. The first-order chi connectivity index (χ1) is 11.2. The molecule has 0 saturated heterocycles. The summed E-state index contributed by atoms with van der Waals surface area (Å²) < 4.78 is 5.32. The van der Waals surface area contributed by atoms with Crippen molar-refractivity contribution >= 4 is 23.5 Å². The Labute approximate surface area is 140 Å². The molecule has 0 radical (unpaired) electrons. The summed E-state index contributed by atoms with van der Waals surface area (Å²) in [5.41, 5.74) is 1.53. The van der Waals surface area contributed by atoms with E-state index in [9.17, 15) is 9.59 Å². The molecule has 0 bridgehead atoms. The lowest BCUT2D eigenvalue weighted by molar-refractivity contribution is -0.153. The van der Waals surface area contributed by atoms with E-state index in [0.29, 0.717) is 17.1 Å². The zero-order chi connectivity index (χ0) is 17.7. The summed E-state index contributed by atoms with van der Waals surface area (Å²) in [6, 6.07) is 8.38. The number of H-pyrrole nitrogens is 1. The number of aromatic amines is 1. The zero-order valence-electron chi connectivity index (χ0n) is 14.3. The summed E-state index contributed by atoms with van der Waals surface area (Å²) in [7, 11) is 0. The van der Waals surface area contributed by atoms with Gasteiger partial charge in [-0.15, -0.1) is 0 Å². The maximum atomic E-state index is 12.1. The molecule has 1 aromatic heterocycles. The van der Waals surface area contributed by atoms with Gasteiger partial charge in [0.25, 0.3) is 0 Å². The molecule has 0 aliphatic rings. The van der Waals surface area contributed by atoms with Gasteiger partial charge in [0.2, 0.25) is 0 Å². The first-order valence-corrected chi connectivity index (χ1v) is 7.63. The van der Waals surface area contributed by atoms with Gasteiger partial charge in [-0.1, -0.05) is 18.2 Å². The van der Waals surface area contributed by atoms with Gasteiger partial charge in [0.1, 0.15) is 5.60 Å². The number of esters is 1. The van der Waals surface area contributed by atoms with Crippen molar-refractivity contribution in [2.45, 2.75) is 39.7 Å². The fourth-order valence-corrected chi connectivity index (χ4v) is 2.08. The number of aromatic nitrogens is 2. The van der Waals surface area contributed by atoms with Crippen molar-refractivity contribution in [1.82, 2.24) is 10.2 Å². The maximum Gasteiger partial charge on any atom is 0.324 e. The number of nitrogens with zero attached hydrogens (tertiary/aromatic N) is 1. The van der Waals surface area contributed by atoms with Crippen LogP contribution in [0.15, 0.2) is 30.3 Å². The second-order valence-electron chi connectivity index (χ2n) is 6.44. The van der Waals surface area contributed by atoms with Gasteiger partial charge in [-0.2, -0.15) is 5.10 Å². The van der Waals surface area contributed by atoms with Crippen LogP contribution in [0.2, 0.25) is 0 Å². The Morgan fingerprint density at radius 2 is 1.92 bits per heavy atom. The van der Waals surface area contributed by atoms with E-state index in [4.69, 9.17) is 4.74 Å². The summed E-state index contributed by atoms with van der Waals surface area (Å²) in [5.74, 6) is 0.0784. The first-order valence-electron chi connectivity index (χ1n) is 7.63. The molecule has 128 valence electrons. The summed E-state index contributed by atoms with van der Waals surface area (Å²) in [6.07, 6.45) is 0.0786. The molecule has 3 N–H and O–H groups in total. The SMILES string of the molecule is Cc1cc(NC(=O)Nc2ccccc2CC(=O)OC(C)(C)C)n[nH]1. The van der Waals surface area contributed by atoms with Crippen LogP contribution in [-0.4, -0.2) is 27.8 Å². The van der Waals surface area contributed by atoms with Crippen LogP contribution in [0, 0.1) is 6.92 Å². The average molecular weight is 330 g/mol. The highest BCUT2D eigenvalue weighted by Crippen LogP contribution is 2.18. The second-order valence-corrected chi connectivity index (χ2v) is 6.44. The Morgan fingerprint density at radius 1 is 1.21 bits per heavy atom. The Kier molecular flexibility index (Phi) is 5.23. The van der Waals surface area contributed by atoms with Gasteiger partial charge in [-0.05, 0) is 39.3 Å². The second kappa shape index (κ2) is 7.16. The molecule has 7 heteroatoms. The number of nitrogens with one attached hydrogen (secondary N) is 3. The number of aryl methyl sites for hydroxylation is 1. The maximum absolute atomic E-state index is 12.1. The Balaban J connectivity index is 2.02. The molecule has 0 unspecified atom stereocenters. The molecular weight excluding hydrogens is 308 g/mol. The van der Waals surface area contributed by atoms with Crippen LogP contribution in [0.5, 0.6) is 0 Å². The van der Waals surface area contributed by atoms with E-state index in [-0.39, 0.29) is 12.4 Å². The van der Waals surface area contributed by atoms with Crippen LogP contribution in [0.4, 0.5) is 16.3 Å². The predicted octanol–water partition coefficient (Wildman–Crippen LogP) is 3.25. The van der Waals surface area contributed by atoms with Gasteiger partial charge in [0.15, 0.2) is 5.82 Å². The van der Waals surface area contributed by atoms with Crippen LogP contribution in [0.1, 0.15) is 32.0 Å². The fraction of sp³-hybridized carbons (Fsp3) is 0.353. The molecule has 0 aliphatic heterocycles. The van der Waals surface area contributed by atoms with Gasteiger partial charge in [-0.25, -0.2) is 4.79 Å². The third kappa shape index (κ3) is 5.42. The number of carbonyl (C=O) groups excluding carboxylic acids is 2. The number of carbonyl (C=O) groups is 2. The standard InChI is InChI=1S/C17H22N4O3/c1-11-9-14(21-20-11)19-16(23)18-13-8-6-5-7-12(13)10-15(22)24-17(2,3)4/h5-9H,10H2,1-4H3,(H3,18,19,20,21,23). The lowest BCUT2D eigenvalue weighted by atomic mass is 10.1. The van der Waals surface area contributed by atoms with Crippen molar-refractivity contribution in [1.29, 1.82) is 0 Å². The number of urea groups is 1. The topological polar surface area (TPSA) is 96.1 Å². The molecule has 2 rings (SSSR count). The van der Waals surface area contributed by atoms with Crippen molar-refractivity contribution in [3.63, 3.8) is 0 Å². The summed E-state index contributed by atoms with van der Waals surface area (Å²) >= 11 is 0. The van der Waals surface area contributed by atoms with Crippen molar-refractivity contribution < 1.29 is 14.3 Å². The van der Waals surface area contributed by atoms with E-state index < -0.39 is 11.6 Å².